The molecule has 2 aliphatic rings. The SMILES string of the molecule is OCCCCC#Cc1ccccc1[C@H]1CCC2CCCCN21. The first kappa shape index (κ1) is 15.6. The monoisotopic (exact) mass is 297 g/mol. The van der Waals surface area contributed by atoms with Gasteiger partial charge in [-0.1, -0.05) is 36.5 Å². The maximum atomic E-state index is 8.83. The number of piperidine rings is 1. The summed E-state index contributed by atoms with van der Waals surface area (Å²) in [5.74, 6) is 6.68. The average molecular weight is 297 g/mol. The minimum Gasteiger partial charge on any atom is -0.396 e. The molecule has 1 aromatic carbocycles. The number of hydrogen-bond donors (Lipinski definition) is 1. The van der Waals surface area contributed by atoms with Gasteiger partial charge in [0.05, 0.1) is 0 Å². The topological polar surface area (TPSA) is 23.5 Å². The molecule has 2 fully saturated rings. The van der Waals surface area contributed by atoms with Crippen molar-refractivity contribution in [3.05, 3.63) is 35.4 Å². The van der Waals surface area contributed by atoms with Crippen molar-refractivity contribution >= 4 is 0 Å². The van der Waals surface area contributed by atoms with Crippen LogP contribution in [0.25, 0.3) is 0 Å². The predicted molar refractivity (Wildman–Crippen MR) is 90.6 cm³/mol. The second-order valence-corrected chi connectivity index (χ2v) is 6.55. The van der Waals surface area contributed by atoms with E-state index in [0.29, 0.717) is 6.04 Å². The summed E-state index contributed by atoms with van der Waals surface area (Å²) < 4.78 is 0. The highest BCUT2D eigenvalue weighted by Gasteiger charge is 2.36. The molecule has 3 rings (SSSR count). The van der Waals surface area contributed by atoms with Crippen molar-refractivity contribution in [3.63, 3.8) is 0 Å². The fraction of sp³-hybridized carbons (Fsp3) is 0.600. The summed E-state index contributed by atoms with van der Waals surface area (Å²) in [6.07, 6.45) is 9.49. The average Bonchev–Trinajstić information content (AvgIpc) is 2.99. The van der Waals surface area contributed by atoms with Crippen molar-refractivity contribution < 1.29 is 5.11 Å². The molecule has 2 saturated heterocycles. The first-order chi connectivity index (χ1) is 10.9. The van der Waals surface area contributed by atoms with E-state index in [1.807, 2.05) is 0 Å². The van der Waals surface area contributed by atoms with Crippen molar-refractivity contribution in [1.29, 1.82) is 0 Å². The minimum atomic E-state index is 0.274. The summed E-state index contributed by atoms with van der Waals surface area (Å²) in [6.45, 7) is 1.53. The van der Waals surface area contributed by atoms with Crippen molar-refractivity contribution in [2.24, 2.45) is 0 Å². The molecule has 0 saturated carbocycles. The minimum absolute atomic E-state index is 0.274. The Morgan fingerprint density at radius 3 is 2.91 bits per heavy atom. The lowest BCUT2D eigenvalue weighted by Gasteiger charge is -2.34. The van der Waals surface area contributed by atoms with Gasteiger partial charge in [-0.05, 0) is 56.7 Å². The number of aliphatic hydroxyl groups is 1. The summed E-state index contributed by atoms with van der Waals surface area (Å²) >= 11 is 0. The van der Waals surface area contributed by atoms with E-state index >= 15 is 0 Å². The Hall–Kier alpha value is -1.30. The normalized spacial score (nSPS) is 24.6. The van der Waals surface area contributed by atoms with Crippen molar-refractivity contribution in [1.82, 2.24) is 4.90 Å². The third-order valence-corrected chi connectivity index (χ3v) is 5.10. The van der Waals surface area contributed by atoms with Gasteiger partial charge in [-0.2, -0.15) is 0 Å². The first-order valence-electron chi connectivity index (χ1n) is 8.84. The molecule has 2 heterocycles. The van der Waals surface area contributed by atoms with Crippen LogP contribution in [0.1, 0.15) is 68.5 Å². The molecule has 22 heavy (non-hydrogen) atoms. The number of fused-ring (bicyclic) bond motifs is 1. The molecular formula is C20H27NO. The van der Waals surface area contributed by atoms with E-state index in [4.69, 9.17) is 5.11 Å². The number of benzene rings is 1. The number of nitrogens with zero attached hydrogens (tertiary/aromatic N) is 1. The van der Waals surface area contributed by atoms with Gasteiger partial charge in [-0.25, -0.2) is 0 Å². The van der Waals surface area contributed by atoms with E-state index in [0.717, 1.165) is 25.3 Å². The van der Waals surface area contributed by atoms with Crippen LogP contribution in [0, 0.1) is 11.8 Å². The molecule has 0 amide bonds. The Morgan fingerprint density at radius 1 is 1.09 bits per heavy atom. The highest BCUT2D eigenvalue weighted by molar-refractivity contribution is 5.43. The van der Waals surface area contributed by atoms with E-state index in [-0.39, 0.29) is 6.61 Å². The maximum absolute atomic E-state index is 8.83. The molecule has 0 aliphatic carbocycles. The Morgan fingerprint density at radius 2 is 2.00 bits per heavy atom. The second-order valence-electron chi connectivity index (χ2n) is 6.55. The highest BCUT2D eigenvalue weighted by atomic mass is 16.2. The molecule has 1 N–H and O–H groups in total. The zero-order valence-corrected chi connectivity index (χ0v) is 13.4. The molecule has 0 bridgehead atoms. The fourth-order valence-corrected chi connectivity index (χ4v) is 3.98. The zero-order valence-electron chi connectivity index (χ0n) is 13.4. The van der Waals surface area contributed by atoms with Gasteiger partial charge in [0.25, 0.3) is 0 Å². The Labute approximate surface area is 134 Å². The van der Waals surface area contributed by atoms with E-state index < -0.39 is 0 Å². The molecular weight excluding hydrogens is 270 g/mol. The largest absolute Gasteiger partial charge is 0.396 e. The summed E-state index contributed by atoms with van der Waals surface area (Å²) in [5.41, 5.74) is 2.64. The Bertz CT molecular complexity index is 542. The summed E-state index contributed by atoms with van der Waals surface area (Å²) in [5, 5.41) is 8.83. The zero-order chi connectivity index (χ0) is 15.2. The van der Waals surface area contributed by atoms with Gasteiger partial charge in [0.2, 0.25) is 0 Å². The molecule has 1 aromatic rings. The van der Waals surface area contributed by atoms with Crippen LogP contribution >= 0.6 is 0 Å². The predicted octanol–water partition coefficient (Wildman–Crippen LogP) is 3.89. The van der Waals surface area contributed by atoms with Crippen LogP contribution in [0.4, 0.5) is 0 Å². The molecule has 0 radical (unpaired) electrons. The van der Waals surface area contributed by atoms with Gasteiger partial charge in [-0.15, -0.1) is 0 Å². The lowest BCUT2D eigenvalue weighted by atomic mass is 9.98. The highest BCUT2D eigenvalue weighted by Crippen LogP contribution is 2.41. The van der Waals surface area contributed by atoms with E-state index in [2.05, 4.69) is 41.0 Å². The standard InChI is InChI=1S/C20H27NO/c22-16-8-2-1-3-9-17-10-4-5-12-19(17)20-14-13-18-11-6-7-15-21(18)20/h4-5,10,12,18,20,22H,1-2,6-8,11,13-16H2/t18?,20-/m1/s1. The lowest BCUT2D eigenvalue weighted by Crippen LogP contribution is -2.36. The van der Waals surface area contributed by atoms with Crippen molar-refractivity contribution in [3.8, 4) is 11.8 Å². The third kappa shape index (κ3) is 3.54. The van der Waals surface area contributed by atoms with E-state index in [9.17, 15) is 0 Å². The van der Waals surface area contributed by atoms with Crippen LogP contribution < -0.4 is 0 Å². The Balaban J connectivity index is 1.73. The first-order valence-corrected chi connectivity index (χ1v) is 8.84. The van der Waals surface area contributed by atoms with Crippen LogP contribution in [0.2, 0.25) is 0 Å². The summed E-state index contributed by atoms with van der Waals surface area (Å²) in [7, 11) is 0. The molecule has 0 spiro atoms. The number of rotatable bonds is 4. The lowest BCUT2D eigenvalue weighted by molar-refractivity contribution is 0.150. The van der Waals surface area contributed by atoms with Gasteiger partial charge >= 0.3 is 0 Å². The second kappa shape index (κ2) is 7.81. The van der Waals surface area contributed by atoms with Gasteiger partial charge in [-0.3, -0.25) is 4.90 Å². The van der Waals surface area contributed by atoms with E-state index in [1.165, 1.54) is 49.8 Å². The summed E-state index contributed by atoms with van der Waals surface area (Å²) in [6, 6.07) is 10.1. The van der Waals surface area contributed by atoms with Crippen LogP contribution in [0.5, 0.6) is 0 Å². The molecule has 2 heteroatoms. The number of hydrogen-bond acceptors (Lipinski definition) is 2. The molecule has 2 aliphatic heterocycles. The Kier molecular flexibility index (Phi) is 5.53. The molecule has 2 atom stereocenters. The van der Waals surface area contributed by atoms with E-state index in [1.54, 1.807) is 0 Å². The molecule has 1 unspecified atom stereocenters. The smallest absolute Gasteiger partial charge is 0.0431 e. The van der Waals surface area contributed by atoms with Crippen LogP contribution in [-0.2, 0) is 0 Å². The molecule has 118 valence electrons. The van der Waals surface area contributed by atoms with Gasteiger partial charge < -0.3 is 5.11 Å². The quantitative estimate of drug-likeness (QED) is 0.673. The van der Waals surface area contributed by atoms with Crippen LogP contribution in [-0.4, -0.2) is 29.2 Å². The van der Waals surface area contributed by atoms with Gasteiger partial charge in [0, 0.05) is 30.7 Å². The summed E-state index contributed by atoms with van der Waals surface area (Å²) in [4.78, 5) is 2.73. The number of aliphatic hydroxyl groups excluding tert-OH is 1. The molecule has 0 aromatic heterocycles. The van der Waals surface area contributed by atoms with Gasteiger partial charge in [0.15, 0.2) is 0 Å². The van der Waals surface area contributed by atoms with Crippen LogP contribution in [0.15, 0.2) is 24.3 Å². The maximum Gasteiger partial charge on any atom is 0.0431 e. The van der Waals surface area contributed by atoms with Crippen LogP contribution in [0.3, 0.4) is 0 Å². The third-order valence-electron chi connectivity index (χ3n) is 5.10. The molecule has 2 nitrogen and oxygen atoms in total. The number of unbranched alkanes of at least 4 members (excludes halogenated alkanes) is 2. The van der Waals surface area contributed by atoms with Gasteiger partial charge in [0.1, 0.15) is 0 Å². The van der Waals surface area contributed by atoms with Crippen molar-refractivity contribution in [2.75, 3.05) is 13.2 Å². The fourth-order valence-electron chi connectivity index (χ4n) is 3.98. The van der Waals surface area contributed by atoms with Crippen molar-refractivity contribution in [2.45, 2.75) is 63.5 Å².